The van der Waals surface area contributed by atoms with Crippen LogP contribution in [0.1, 0.15) is 30.5 Å². The van der Waals surface area contributed by atoms with E-state index in [1.807, 2.05) is 6.07 Å². The van der Waals surface area contributed by atoms with Crippen LogP contribution in [0.4, 0.5) is 4.79 Å². The summed E-state index contributed by atoms with van der Waals surface area (Å²) in [7, 11) is 0. The average molecular weight is 321 g/mol. The Kier molecular flexibility index (Phi) is 4.71. The summed E-state index contributed by atoms with van der Waals surface area (Å²) < 4.78 is 5.28. The van der Waals surface area contributed by atoms with Crippen molar-refractivity contribution < 1.29 is 14.3 Å². The third-order valence-corrected chi connectivity index (χ3v) is 4.06. The van der Waals surface area contributed by atoms with E-state index in [1.54, 1.807) is 31.7 Å². The van der Waals surface area contributed by atoms with Gasteiger partial charge in [0.1, 0.15) is 23.1 Å². The lowest BCUT2D eigenvalue weighted by Crippen LogP contribution is -2.52. The topological polar surface area (TPSA) is 73.6 Å². The molecule has 0 aromatic carbocycles. The van der Waals surface area contributed by atoms with Gasteiger partial charge in [-0.05, 0) is 32.9 Å². The van der Waals surface area contributed by atoms with E-state index in [0.717, 1.165) is 4.88 Å². The number of nitriles is 1. The van der Waals surface area contributed by atoms with E-state index in [9.17, 15) is 9.59 Å². The van der Waals surface area contributed by atoms with Crippen LogP contribution in [-0.2, 0) is 16.1 Å². The summed E-state index contributed by atoms with van der Waals surface area (Å²) in [6, 6.07) is 5.69. The number of carbonyl (C=O) groups is 2. The lowest BCUT2D eigenvalue weighted by atomic mass is 10.2. The zero-order valence-electron chi connectivity index (χ0n) is 13.0. The molecule has 0 spiro atoms. The van der Waals surface area contributed by atoms with Crippen LogP contribution in [0.2, 0.25) is 0 Å². The first-order valence-electron chi connectivity index (χ1n) is 7.03. The molecule has 0 atom stereocenters. The normalized spacial score (nSPS) is 15.6. The summed E-state index contributed by atoms with van der Waals surface area (Å²) >= 11 is 1.38. The minimum atomic E-state index is -0.568. The molecule has 2 rings (SSSR count). The molecular weight excluding hydrogens is 302 g/mol. The van der Waals surface area contributed by atoms with Crippen LogP contribution in [0.25, 0.3) is 0 Å². The van der Waals surface area contributed by atoms with Gasteiger partial charge in [-0.1, -0.05) is 0 Å². The Bertz CT molecular complexity index is 612. The van der Waals surface area contributed by atoms with Crippen molar-refractivity contribution in [3.8, 4) is 6.07 Å². The van der Waals surface area contributed by atoms with Crippen molar-refractivity contribution in [2.75, 3.05) is 19.6 Å². The first kappa shape index (κ1) is 16.3. The molecule has 1 aromatic heterocycles. The molecule has 6 nitrogen and oxygen atoms in total. The molecule has 0 aliphatic carbocycles. The van der Waals surface area contributed by atoms with E-state index in [1.165, 1.54) is 16.2 Å². The highest BCUT2D eigenvalue weighted by atomic mass is 32.1. The van der Waals surface area contributed by atoms with E-state index < -0.39 is 11.7 Å². The molecule has 118 valence electrons. The van der Waals surface area contributed by atoms with Gasteiger partial charge in [0.25, 0.3) is 0 Å². The lowest BCUT2D eigenvalue weighted by molar-refractivity contribution is -0.136. The van der Waals surface area contributed by atoms with Crippen LogP contribution in [0.3, 0.4) is 0 Å². The van der Waals surface area contributed by atoms with Crippen molar-refractivity contribution in [1.29, 1.82) is 5.26 Å². The van der Waals surface area contributed by atoms with Crippen molar-refractivity contribution >= 4 is 23.3 Å². The van der Waals surface area contributed by atoms with Crippen molar-refractivity contribution in [2.45, 2.75) is 32.9 Å². The molecule has 1 fully saturated rings. The molecule has 2 heterocycles. The summed E-state index contributed by atoms with van der Waals surface area (Å²) in [5.74, 6) is -0.107. The Labute approximate surface area is 133 Å². The number of nitrogens with zero attached hydrogens (tertiary/aromatic N) is 3. The van der Waals surface area contributed by atoms with Gasteiger partial charge in [0, 0.05) is 18.0 Å². The second-order valence-corrected chi connectivity index (χ2v) is 7.26. The van der Waals surface area contributed by atoms with Crippen molar-refractivity contribution in [3.05, 3.63) is 21.9 Å². The quantitative estimate of drug-likeness (QED) is 0.837. The van der Waals surface area contributed by atoms with Gasteiger partial charge in [-0.2, -0.15) is 5.26 Å². The van der Waals surface area contributed by atoms with E-state index in [-0.39, 0.29) is 12.5 Å². The first-order chi connectivity index (χ1) is 10.3. The smallest absolute Gasteiger partial charge is 0.410 e. The summed E-state index contributed by atoms with van der Waals surface area (Å²) in [5, 5.41) is 8.82. The van der Waals surface area contributed by atoms with Crippen LogP contribution in [0, 0.1) is 11.3 Å². The molecule has 0 saturated carbocycles. The third-order valence-electron chi connectivity index (χ3n) is 3.09. The zero-order valence-corrected chi connectivity index (χ0v) is 13.8. The fraction of sp³-hybridized carbons (Fsp3) is 0.533. The van der Waals surface area contributed by atoms with E-state index in [2.05, 4.69) is 6.07 Å². The minimum Gasteiger partial charge on any atom is -0.444 e. The summed E-state index contributed by atoms with van der Waals surface area (Å²) in [5.41, 5.74) is -0.568. The number of rotatable bonds is 2. The average Bonchev–Trinajstić information content (AvgIpc) is 2.87. The fourth-order valence-electron chi connectivity index (χ4n) is 2.07. The van der Waals surface area contributed by atoms with Crippen LogP contribution < -0.4 is 0 Å². The molecule has 0 radical (unpaired) electrons. The maximum Gasteiger partial charge on any atom is 0.410 e. The Hall–Kier alpha value is -2.07. The van der Waals surface area contributed by atoms with Gasteiger partial charge in [-0.3, -0.25) is 9.69 Å². The van der Waals surface area contributed by atoms with Crippen LogP contribution in [0.5, 0.6) is 0 Å². The second kappa shape index (κ2) is 6.36. The van der Waals surface area contributed by atoms with Gasteiger partial charge in [0.15, 0.2) is 0 Å². The molecule has 1 saturated heterocycles. The van der Waals surface area contributed by atoms with Gasteiger partial charge in [0.2, 0.25) is 5.91 Å². The number of carbonyl (C=O) groups excluding carboxylic acids is 2. The Morgan fingerprint density at radius 1 is 1.41 bits per heavy atom. The van der Waals surface area contributed by atoms with Gasteiger partial charge < -0.3 is 9.64 Å². The largest absolute Gasteiger partial charge is 0.444 e. The fourth-order valence-corrected chi connectivity index (χ4v) is 2.89. The van der Waals surface area contributed by atoms with Crippen LogP contribution >= 0.6 is 11.3 Å². The third kappa shape index (κ3) is 4.21. The number of ether oxygens (including phenoxy) is 1. The molecule has 22 heavy (non-hydrogen) atoms. The molecule has 1 aromatic rings. The Morgan fingerprint density at radius 2 is 2.14 bits per heavy atom. The highest BCUT2D eigenvalue weighted by Gasteiger charge is 2.30. The zero-order chi connectivity index (χ0) is 16.3. The van der Waals surface area contributed by atoms with Gasteiger partial charge >= 0.3 is 6.09 Å². The lowest BCUT2D eigenvalue weighted by Gasteiger charge is -2.35. The Morgan fingerprint density at radius 3 is 2.68 bits per heavy atom. The number of hydrogen-bond acceptors (Lipinski definition) is 5. The predicted molar refractivity (Wildman–Crippen MR) is 82.3 cm³/mol. The molecule has 1 aliphatic heterocycles. The van der Waals surface area contributed by atoms with Crippen molar-refractivity contribution in [3.63, 3.8) is 0 Å². The summed E-state index contributed by atoms with van der Waals surface area (Å²) in [4.78, 5) is 28.9. The monoisotopic (exact) mass is 321 g/mol. The SMILES string of the molecule is CC(C)(C)OC(=O)N1CCN(Cc2ccc(C#N)s2)C(=O)C1. The molecule has 1 aliphatic rings. The molecule has 7 heteroatoms. The van der Waals surface area contributed by atoms with E-state index >= 15 is 0 Å². The molecule has 0 N–H and O–H groups in total. The maximum atomic E-state index is 12.2. The highest BCUT2D eigenvalue weighted by molar-refractivity contribution is 7.12. The number of thiophene rings is 1. The van der Waals surface area contributed by atoms with Gasteiger partial charge in [-0.25, -0.2) is 4.79 Å². The number of hydrogen-bond donors (Lipinski definition) is 0. The molecule has 2 amide bonds. The highest BCUT2D eigenvalue weighted by Crippen LogP contribution is 2.19. The van der Waals surface area contributed by atoms with E-state index in [4.69, 9.17) is 10.00 Å². The van der Waals surface area contributed by atoms with Gasteiger partial charge in [-0.15, -0.1) is 11.3 Å². The summed E-state index contributed by atoms with van der Waals surface area (Å²) in [6.07, 6.45) is -0.455. The number of piperazine rings is 1. The predicted octanol–water partition coefficient (Wildman–Crippen LogP) is 2.20. The Balaban J connectivity index is 1.91. The molecule has 0 bridgehead atoms. The first-order valence-corrected chi connectivity index (χ1v) is 7.84. The van der Waals surface area contributed by atoms with Crippen molar-refractivity contribution in [2.24, 2.45) is 0 Å². The molecular formula is C15H19N3O3S. The minimum absolute atomic E-state index is 0.0331. The maximum absolute atomic E-state index is 12.2. The summed E-state index contributed by atoms with van der Waals surface area (Å²) in [6.45, 7) is 6.83. The standard InChI is InChI=1S/C15H19N3O3S/c1-15(2,3)21-14(20)18-7-6-17(13(19)10-18)9-12-5-4-11(8-16)22-12/h4-5H,6-7,9-10H2,1-3H3. The van der Waals surface area contributed by atoms with Crippen molar-refractivity contribution in [1.82, 2.24) is 9.80 Å². The van der Waals surface area contributed by atoms with Crippen LogP contribution in [0.15, 0.2) is 12.1 Å². The van der Waals surface area contributed by atoms with Crippen LogP contribution in [-0.4, -0.2) is 47.0 Å². The second-order valence-electron chi connectivity index (χ2n) is 6.09. The van der Waals surface area contributed by atoms with E-state index in [0.29, 0.717) is 24.5 Å². The number of amides is 2. The molecule has 0 unspecified atom stereocenters. The van der Waals surface area contributed by atoms with Gasteiger partial charge in [0.05, 0.1) is 6.54 Å².